The number of fused-ring (bicyclic) bond motifs is 1. The number of carbonyl (C=O) groups excluding carboxylic acids is 1. The normalized spacial score (nSPS) is 20.5. The van der Waals surface area contributed by atoms with Crippen LogP contribution in [0.4, 0.5) is 23.7 Å². The van der Waals surface area contributed by atoms with Gasteiger partial charge in [0.25, 0.3) is 0 Å². The fourth-order valence-electron chi connectivity index (χ4n) is 5.39. The fraction of sp³-hybridized carbons (Fsp3) is 0.500. The van der Waals surface area contributed by atoms with Crippen molar-refractivity contribution in [2.45, 2.75) is 56.8 Å². The Morgan fingerprint density at radius 2 is 1.83 bits per heavy atom. The van der Waals surface area contributed by atoms with Gasteiger partial charge in [0.05, 0.1) is 17.6 Å². The number of anilines is 1. The molecule has 0 saturated carbocycles. The summed E-state index contributed by atoms with van der Waals surface area (Å²) in [6.07, 6.45) is -3.25. The number of pyridine rings is 1. The zero-order valence-electron chi connectivity index (χ0n) is 20.5. The molecule has 2 heterocycles. The van der Waals surface area contributed by atoms with Gasteiger partial charge in [-0.15, -0.1) is 0 Å². The molecule has 7 nitrogen and oxygen atoms in total. The Balaban J connectivity index is 1.47. The zero-order chi connectivity index (χ0) is 26.3. The second-order valence-corrected chi connectivity index (χ2v) is 10.2. The van der Waals surface area contributed by atoms with E-state index in [0.717, 1.165) is 13.5 Å². The third kappa shape index (κ3) is 4.99. The number of hydrogen-bond acceptors (Lipinski definition) is 4. The molecule has 1 unspecified atom stereocenters. The molecule has 0 spiro atoms. The smallest absolute Gasteiger partial charge is 0.414 e. The number of benzene rings is 1. The van der Waals surface area contributed by atoms with Crippen LogP contribution in [0.15, 0.2) is 42.6 Å². The Hall–Kier alpha value is -3.30. The van der Waals surface area contributed by atoms with E-state index in [1.54, 1.807) is 6.07 Å². The van der Waals surface area contributed by atoms with Crippen LogP contribution >= 0.6 is 0 Å². The Kier molecular flexibility index (Phi) is 6.90. The third-order valence-corrected chi connectivity index (χ3v) is 7.57. The second kappa shape index (κ2) is 9.63. The van der Waals surface area contributed by atoms with Crippen LogP contribution in [0.5, 0.6) is 0 Å². The molecule has 1 saturated heterocycles. The molecular weight excluding hydrogens is 473 g/mol. The van der Waals surface area contributed by atoms with Crippen LogP contribution in [-0.4, -0.2) is 64.2 Å². The lowest BCUT2D eigenvalue weighted by molar-refractivity contribution is -0.191. The van der Waals surface area contributed by atoms with Crippen molar-refractivity contribution in [2.24, 2.45) is 5.92 Å². The summed E-state index contributed by atoms with van der Waals surface area (Å²) < 4.78 is 42.3. The molecular formula is C26H31F3N4O3. The number of aromatic nitrogens is 1. The molecule has 0 radical (unpaired) electrons. The van der Waals surface area contributed by atoms with Crippen molar-refractivity contribution in [3.8, 4) is 0 Å². The van der Waals surface area contributed by atoms with Crippen LogP contribution in [0.3, 0.4) is 0 Å². The molecule has 4 rings (SSSR count). The maximum atomic E-state index is 14.1. The third-order valence-electron chi connectivity index (χ3n) is 7.57. The first-order valence-corrected chi connectivity index (χ1v) is 12.0. The number of nitrogens with zero attached hydrogens (tertiary/aromatic N) is 3. The minimum atomic E-state index is -4.72. The fourth-order valence-corrected chi connectivity index (χ4v) is 5.39. The number of hydrogen-bond donors (Lipinski definition) is 2. The number of nitrogens with one attached hydrogen (secondary N) is 1. The van der Waals surface area contributed by atoms with E-state index in [4.69, 9.17) is 5.11 Å². The number of halogens is 3. The summed E-state index contributed by atoms with van der Waals surface area (Å²) in [6, 6.07) is 8.94. The van der Waals surface area contributed by atoms with Gasteiger partial charge < -0.3 is 20.2 Å². The van der Waals surface area contributed by atoms with Gasteiger partial charge >= 0.3 is 12.3 Å². The van der Waals surface area contributed by atoms with Gasteiger partial charge in [-0.3, -0.25) is 9.78 Å². The Labute approximate surface area is 208 Å². The molecule has 2 aromatic rings. The van der Waals surface area contributed by atoms with Crippen LogP contribution in [-0.2, 0) is 16.6 Å². The van der Waals surface area contributed by atoms with Crippen LogP contribution < -0.4 is 5.32 Å². The highest BCUT2D eigenvalue weighted by Crippen LogP contribution is 2.41. The largest absolute Gasteiger partial charge is 0.465 e. The zero-order valence-corrected chi connectivity index (χ0v) is 20.5. The van der Waals surface area contributed by atoms with Gasteiger partial charge in [-0.05, 0) is 42.5 Å². The molecule has 1 aromatic carbocycles. The molecule has 2 aliphatic rings. The summed E-state index contributed by atoms with van der Waals surface area (Å²) >= 11 is 0. The maximum absolute atomic E-state index is 14.1. The van der Waals surface area contributed by atoms with E-state index in [-0.39, 0.29) is 43.1 Å². The first-order chi connectivity index (χ1) is 16.9. The average Bonchev–Trinajstić information content (AvgIpc) is 3.08. The van der Waals surface area contributed by atoms with Crippen LogP contribution in [0.1, 0.15) is 49.6 Å². The van der Waals surface area contributed by atoms with E-state index < -0.39 is 30.1 Å². The van der Waals surface area contributed by atoms with Gasteiger partial charge in [0, 0.05) is 37.5 Å². The van der Waals surface area contributed by atoms with Gasteiger partial charge in [-0.2, -0.15) is 13.2 Å². The summed E-state index contributed by atoms with van der Waals surface area (Å²) in [4.78, 5) is 30.0. The molecule has 194 valence electrons. The Bertz CT molecular complexity index is 1110. The molecule has 1 aliphatic carbocycles. The number of alkyl halides is 3. The van der Waals surface area contributed by atoms with Crippen LogP contribution in [0, 0.1) is 5.92 Å². The lowest BCUT2D eigenvalue weighted by Crippen LogP contribution is -2.46. The van der Waals surface area contributed by atoms with Crippen molar-refractivity contribution < 1.29 is 27.9 Å². The molecule has 2 amide bonds. The van der Waals surface area contributed by atoms with Crippen molar-refractivity contribution in [3.63, 3.8) is 0 Å². The molecule has 2 N–H and O–H groups in total. The maximum Gasteiger partial charge on any atom is 0.414 e. The second-order valence-electron chi connectivity index (χ2n) is 10.2. The summed E-state index contributed by atoms with van der Waals surface area (Å²) in [7, 11) is 1.14. The van der Waals surface area contributed by atoms with Gasteiger partial charge in [0.1, 0.15) is 0 Å². The molecule has 0 bridgehead atoms. The van der Waals surface area contributed by atoms with E-state index in [2.05, 4.69) is 36.3 Å². The highest BCUT2D eigenvalue weighted by Gasteiger charge is 2.47. The summed E-state index contributed by atoms with van der Waals surface area (Å²) in [6.45, 7) is 4.52. The number of rotatable bonds is 5. The van der Waals surface area contributed by atoms with Crippen LogP contribution in [0.25, 0.3) is 0 Å². The van der Waals surface area contributed by atoms with E-state index >= 15 is 0 Å². The number of likely N-dealkylation sites (tertiary alicyclic amines) is 1. The topological polar surface area (TPSA) is 85.8 Å². The SMILES string of the molecule is CN(C(=O)C1CCN(C(=O)O)CC1)[C@@H](c1ccc(NC2Cc3ccccc3C2(C)C)cn1)C(F)(F)F. The van der Waals surface area contributed by atoms with Crippen molar-refractivity contribution in [2.75, 3.05) is 25.5 Å². The highest BCUT2D eigenvalue weighted by molar-refractivity contribution is 5.79. The van der Waals surface area contributed by atoms with Crippen molar-refractivity contribution in [1.82, 2.24) is 14.8 Å². The first-order valence-electron chi connectivity index (χ1n) is 12.0. The molecule has 2 atom stereocenters. The molecule has 36 heavy (non-hydrogen) atoms. The predicted molar refractivity (Wildman–Crippen MR) is 129 cm³/mol. The van der Waals surface area contributed by atoms with E-state index in [1.807, 2.05) is 12.1 Å². The summed E-state index contributed by atoms with van der Waals surface area (Å²) in [5.41, 5.74) is 2.68. The Morgan fingerprint density at radius 1 is 1.17 bits per heavy atom. The van der Waals surface area contributed by atoms with E-state index in [1.165, 1.54) is 28.3 Å². The summed E-state index contributed by atoms with van der Waals surface area (Å²) in [5.74, 6) is -1.32. The number of piperidine rings is 1. The molecule has 1 aliphatic heterocycles. The van der Waals surface area contributed by atoms with Gasteiger partial charge in [0.2, 0.25) is 5.91 Å². The number of amides is 2. The van der Waals surface area contributed by atoms with Gasteiger partial charge in [-0.25, -0.2) is 4.79 Å². The molecule has 1 aromatic heterocycles. The van der Waals surface area contributed by atoms with Gasteiger partial charge in [-0.1, -0.05) is 38.1 Å². The lowest BCUT2D eigenvalue weighted by atomic mass is 9.83. The molecule has 10 heteroatoms. The lowest BCUT2D eigenvalue weighted by Gasteiger charge is -2.35. The van der Waals surface area contributed by atoms with E-state index in [0.29, 0.717) is 10.6 Å². The van der Waals surface area contributed by atoms with Gasteiger partial charge in [0.15, 0.2) is 6.04 Å². The number of carbonyl (C=O) groups is 2. The average molecular weight is 505 g/mol. The van der Waals surface area contributed by atoms with Crippen LogP contribution in [0.2, 0.25) is 0 Å². The Morgan fingerprint density at radius 3 is 2.39 bits per heavy atom. The van der Waals surface area contributed by atoms with Crippen molar-refractivity contribution in [3.05, 3.63) is 59.4 Å². The minimum absolute atomic E-state index is 0.0573. The quantitative estimate of drug-likeness (QED) is 0.608. The monoisotopic (exact) mass is 504 g/mol. The minimum Gasteiger partial charge on any atom is -0.465 e. The van der Waals surface area contributed by atoms with Crippen molar-refractivity contribution >= 4 is 17.7 Å². The summed E-state index contributed by atoms with van der Waals surface area (Å²) in [5, 5.41) is 12.5. The highest BCUT2D eigenvalue weighted by atomic mass is 19.4. The number of carboxylic acid groups (broad SMARTS) is 1. The molecule has 1 fully saturated rings. The van der Waals surface area contributed by atoms with E-state index in [9.17, 15) is 22.8 Å². The standard InChI is InChI=1S/C26H31F3N4O3/c1-25(2)19-7-5-4-6-17(19)14-21(25)31-18-8-9-20(30-15-18)22(26(27,28)29)32(3)23(34)16-10-12-33(13-11-16)24(35)36/h4-9,15-16,21-22,31H,10-14H2,1-3H3,(H,35,36)/t21?,22-/m0/s1. The van der Waals surface area contributed by atoms with Crippen molar-refractivity contribution in [1.29, 1.82) is 0 Å². The predicted octanol–water partition coefficient (Wildman–Crippen LogP) is 4.85. The first kappa shape index (κ1) is 25.8.